The number of urea groups is 1. The second kappa shape index (κ2) is 8.97. The van der Waals surface area contributed by atoms with Crippen LogP contribution >= 0.6 is 11.9 Å². The molecule has 0 unspecified atom stereocenters. The van der Waals surface area contributed by atoms with Crippen molar-refractivity contribution in [3.05, 3.63) is 48.3 Å². The van der Waals surface area contributed by atoms with Gasteiger partial charge in [-0.1, -0.05) is 0 Å². The normalized spacial score (nSPS) is 11.6. The van der Waals surface area contributed by atoms with E-state index in [0.717, 1.165) is 40.5 Å². The highest BCUT2D eigenvalue weighted by molar-refractivity contribution is 8.00. The molecule has 2 amide bonds. The van der Waals surface area contributed by atoms with Crippen molar-refractivity contribution < 1.29 is 9.53 Å². The van der Waals surface area contributed by atoms with E-state index in [1.165, 1.54) is 0 Å². The Morgan fingerprint density at radius 1 is 1.23 bits per heavy atom. The highest BCUT2D eigenvalue weighted by atomic mass is 32.2. The second-order valence-corrected chi connectivity index (χ2v) is 8.46. The Morgan fingerprint density at radius 2 is 1.93 bits per heavy atom. The number of imidazole rings is 1. The number of aryl methyl sites for hydroxylation is 1. The van der Waals surface area contributed by atoms with Gasteiger partial charge in [-0.2, -0.15) is 0 Å². The molecule has 3 rings (SSSR count). The maximum atomic E-state index is 11.0. The standard InChI is InChI=1S/C22H29N5O2S/c1-6-26-19-13-10-16(14-18(19)25-20(26)22(3,4)29-5)27(7-2)30-17-11-8-15(9-12-17)24-21(23)28/h8-14H,6-7H2,1-5H3,(H3,23,24,28). The Hall–Kier alpha value is -2.71. The van der Waals surface area contributed by atoms with Crippen LogP contribution in [0.3, 0.4) is 0 Å². The quantitative estimate of drug-likeness (QED) is 0.496. The lowest BCUT2D eigenvalue weighted by atomic mass is 10.1. The third kappa shape index (κ3) is 4.55. The van der Waals surface area contributed by atoms with Crippen LogP contribution in [0.2, 0.25) is 0 Å². The third-order valence-corrected chi connectivity index (χ3v) is 6.18. The number of amides is 2. The van der Waals surface area contributed by atoms with Crippen LogP contribution < -0.4 is 15.4 Å². The summed E-state index contributed by atoms with van der Waals surface area (Å²) in [5, 5.41) is 2.58. The predicted molar refractivity (Wildman–Crippen MR) is 124 cm³/mol. The van der Waals surface area contributed by atoms with E-state index in [1.807, 2.05) is 38.1 Å². The molecular weight excluding hydrogens is 398 g/mol. The van der Waals surface area contributed by atoms with Crippen molar-refractivity contribution in [2.75, 3.05) is 23.3 Å². The average Bonchev–Trinajstić information content (AvgIpc) is 3.11. The summed E-state index contributed by atoms with van der Waals surface area (Å²) in [7, 11) is 1.71. The highest BCUT2D eigenvalue weighted by Gasteiger charge is 2.27. The summed E-state index contributed by atoms with van der Waals surface area (Å²) in [6, 6.07) is 13.4. The molecule has 30 heavy (non-hydrogen) atoms. The van der Waals surface area contributed by atoms with Crippen LogP contribution in [0.15, 0.2) is 47.4 Å². The monoisotopic (exact) mass is 427 g/mol. The fourth-order valence-electron chi connectivity index (χ4n) is 3.31. The second-order valence-electron chi connectivity index (χ2n) is 7.37. The van der Waals surface area contributed by atoms with Gasteiger partial charge in [0, 0.05) is 36.5 Å². The Kier molecular flexibility index (Phi) is 6.58. The van der Waals surface area contributed by atoms with Gasteiger partial charge in [0.05, 0.1) is 11.0 Å². The zero-order valence-electron chi connectivity index (χ0n) is 18.1. The molecule has 1 heterocycles. The molecule has 3 N–H and O–H groups in total. The van der Waals surface area contributed by atoms with Gasteiger partial charge in [0.2, 0.25) is 0 Å². The topological polar surface area (TPSA) is 85.4 Å². The number of benzene rings is 2. The summed E-state index contributed by atoms with van der Waals surface area (Å²) in [6.45, 7) is 9.95. The van der Waals surface area contributed by atoms with Gasteiger partial charge in [0.25, 0.3) is 0 Å². The van der Waals surface area contributed by atoms with Gasteiger partial charge in [-0.05, 0) is 82.1 Å². The van der Waals surface area contributed by atoms with E-state index in [4.69, 9.17) is 15.5 Å². The van der Waals surface area contributed by atoms with Crippen molar-refractivity contribution in [2.45, 2.75) is 44.7 Å². The van der Waals surface area contributed by atoms with E-state index in [2.05, 4.69) is 46.2 Å². The molecule has 0 aliphatic heterocycles. The summed E-state index contributed by atoms with van der Waals surface area (Å²) < 4.78 is 10.1. The van der Waals surface area contributed by atoms with Gasteiger partial charge >= 0.3 is 6.03 Å². The molecule has 0 saturated heterocycles. The smallest absolute Gasteiger partial charge is 0.316 e. The lowest BCUT2D eigenvalue weighted by Crippen LogP contribution is -2.24. The van der Waals surface area contributed by atoms with Gasteiger partial charge < -0.3 is 24.7 Å². The minimum absolute atomic E-state index is 0.463. The van der Waals surface area contributed by atoms with Gasteiger partial charge in [0.15, 0.2) is 0 Å². The molecule has 0 saturated carbocycles. The van der Waals surface area contributed by atoms with Gasteiger partial charge in [-0.25, -0.2) is 9.78 Å². The molecule has 0 aliphatic carbocycles. The molecule has 0 fully saturated rings. The van der Waals surface area contributed by atoms with E-state index < -0.39 is 11.6 Å². The Morgan fingerprint density at radius 3 is 2.50 bits per heavy atom. The van der Waals surface area contributed by atoms with E-state index in [1.54, 1.807) is 19.1 Å². The molecule has 0 radical (unpaired) electrons. The Labute approximate surface area is 181 Å². The molecular formula is C22H29N5O2S. The number of fused-ring (bicyclic) bond motifs is 1. The van der Waals surface area contributed by atoms with E-state index >= 15 is 0 Å². The number of rotatable bonds is 8. The maximum Gasteiger partial charge on any atom is 0.316 e. The number of hydrogen-bond donors (Lipinski definition) is 2. The van der Waals surface area contributed by atoms with Crippen LogP contribution in [0, 0.1) is 0 Å². The number of ether oxygens (including phenoxy) is 1. The van der Waals surface area contributed by atoms with Crippen molar-refractivity contribution in [1.82, 2.24) is 9.55 Å². The molecule has 0 atom stereocenters. The first-order chi connectivity index (χ1) is 14.3. The van der Waals surface area contributed by atoms with Crippen LogP contribution in [0.25, 0.3) is 11.0 Å². The minimum atomic E-state index is -0.568. The molecule has 2 aromatic carbocycles. The van der Waals surface area contributed by atoms with Crippen molar-refractivity contribution in [2.24, 2.45) is 5.73 Å². The number of carbonyl (C=O) groups excluding carboxylic acids is 1. The van der Waals surface area contributed by atoms with Crippen molar-refractivity contribution in [3.63, 3.8) is 0 Å². The lowest BCUT2D eigenvalue weighted by molar-refractivity contribution is 0.00907. The molecule has 0 bridgehead atoms. The fraction of sp³-hybridized carbons (Fsp3) is 0.364. The summed E-state index contributed by atoms with van der Waals surface area (Å²) in [5.41, 5.74) is 8.51. The number of hydrogen-bond acceptors (Lipinski definition) is 5. The number of primary amides is 1. The van der Waals surface area contributed by atoms with E-state index in [-0.39, 0.29) is 0 Å². The zero-order chi connectivity index (χ0) is 21.9. The molecule has 3 aromatic rings. The first-order valence-electron chi connectivity index (χ1n) is 9.97. The van der Waals surface area contributed by atoms with E-state index in [0.29, 0.717) is 5.69 Å². The third-order valence-electron chi connectivity index (χ3n) is 5.01. The van der Waals surface area contributed by atoms with Gasteiger partial charge in [-0.15, -0.1) is 0 Å². The fourth-order valence-corrected chi connectivity index (χ4v) is 4.17. The van der Waals surface area contributed by atoms with Crippen molar-refractivity contribution in [3.8, 4) is 0 Å². The lowest BCUT2D eigenvalue weighted by Gasteiger charge is -2.23. The van der Waals surface area contributed by atoms with Crippen molar-refractivity contribution in [1.29, 1.82) is 0 Å². The first-order valence-corrected chi connectivity index (χ1v) is 10.7. The summed E-state index contributed by atoms with van der Waals surface area (Å²) >= 11 is 1.63. The molecule has 160 valence electrons. The SMILES string of the molecule is CCN(Sc1ccc(NC(N)=O)cc1)c1ccc2c(c1)nc(C(C)(C)OC)n2CC. The van der Waals surface area contributed by atoms with E-state index in [9.17, 15) is 4.79 Å². The first kappa shape index (κ1) is 22.0. The van der Waals surface area contributed by atoms with Gasteiger partial charge in [-0.3, -0.25) is 0 Å². The minimum Gasteiger partial charge on any atom is -0.371 e. The van der Waals surface area contributed by atoms with Crippen LogP contribution in [-0.4, -0.2) is 29.2 Å². The summed E-state index contributed by atoms with van der Waals surface area (Å²) in [6.07, 6.45) is 0. The van der Waals surface area contributed by atoms with Crippen LogP contribution in [0.5, 0.6) is 0 Å². The molecule has 1 aromatic heterocycles. The molecule has 8 heteroatoms. The molecule has 0 spiro atoms. The number of carbonyl (C=O) groups is 1. The summed E-state index contributed by atoms with van der Waals surface area (Å²) in [4.78, 5) is 16.9. The highest BCUT2D eigenvalue weighted by Crippen LogP contribution is 2.33. The number of nitrogens with two attached hydrogens (primary N) is 1. The molecule has 0 aliphatic rings. The molecule has 7 nitrogen and oxygen atoms in total. The largest absolute Gasteiger partial charge is 0.371 e. The predicted octanol–water partition coefficient (Wildman–Crippen LogP) is 4.96. The number of nitrogens with zero attached hydrogens (tertiary/aromatic N) is 3. The number of anilines is 2. The number of aromatic nitrogens is 2. The Balaban J connectivity index is 1.89. The van der Waals surface area contributed by atoms with Crippen LogP contribution in [-0.2, 0) is 16.9 Å². The maximum absolute atomic E-state index is 11.0. The number of methoxy groups -OCH3 is 1. The van der Waals surface area contributed by atoms with Crippen LogP contribution in [0.4, 0.5) is 16.2 Å². The van der Waals surface area contributed by atoms with Crippen LogP contribution in [0.1, 0.15) is 33.5 Å². The zero-order valence-corrected chi connectivity index (χ0v) is 18.9. The van der Waals surface area contributed by atoms with Crippen molar-refractivity contribution >= 4 is 40.4 Å². The Bertz CT molecular complexity index is 1030. The van der Waals surface area contributed by atoms with Gasteiger partial charge in [0.1, 0.15) is 11.4 Å². The number of nitrogens with one attached hydrogen (secondary N) is 1. The summed E-state index contributed by atoms with van der Waals surface area (Å²) in [5.74, 6) is 0.924. The average molecular weight is 428 g/mol.